The molecule has 6 heteroatoms. The average Bonchev–Trinajstić information content (AvgIpc) is 2.55. The van der Waals surface area contributed by atoms with Crippen molar-refractivity contribution in [2.24, 2.45) is 11.7 Å². The van der Waals surface area contributed by atoms with Gasteiger partial charge in [-0.3, -0.25) is 4.79 Å². The van der Waals surface area contributed by atoms with Gasteiger partial charge in [0.15, 0.2) is 0 Å². The highest BCUT2D eigenvalue weighted by Gasteiger charge is 2.24. The van der Waals surface area contributed by atoms with E-state index in [0.29, 0.717) is 13.2 Å². The van der Waals surface area contributed by atoms with Crippen LogP contribution >= 0.6 is 0 Å². The van der Waals surface area contributed by atoms with E-state index in [4.69, 9.17) is 10.5 Å². The number of carbonyl (C=O) groups excluding carboxylic acids is 2. The van der Waals surface area contributed by atoms with Crippen LogP contribution in [0, 0.1) is 5.92 Å². The minimum Gasteiger partial charge on any atom is -0.492 e. The lowest BCUT2D eigenvalue weighted by molar-refractivity contribution is -0.124. The first-order chi connectivity index (χ1) is 11.6. The van der Waals surface area contributed by atoms with E-state index < -0.39 is 12.1 Å². The maximum absolute atomic E-state index is 12.2. The minimum atomic E-state index is -0.698. The molecule has 0 heterocycles. The lowest BCUT2D eigenvalue weighted by atomic mass is 9.87. The summed E-state index contributed by atoms with van der Waals surface area (Å²) >= 11 is 0. The van der Waals surface area contributed by atoms with Crippen LogP contribution in [-0.2, 0) is 10.2 Å². The molecule has 2 atom stereocenters. The predicted molar refractivity (Wildman–Crippen MR) is 99.6 cm³/mol. The van der Waals surface area contributed by atoms with Crippen molar-refractivity contribution < 1.29 is 14.3 Å². The summed E-state index contributed by atoms with van der Waals surface area (Å²) in [5, 5.41) is 5.27. The number of hydrogen-bond donors (Lipinski definition) is 3. The molecule has 0 saturated heterocycles. The van der Waals surface area contributed by atoms with Crippen LogP contribution in [0.4, 0.5) is 4.79 Å². The lowest BCUT2D eigenvalue weighted by Gasteiger charge is -2.22. The van der Waals surface area contributed by atoms with E-state index in [1.807, 2.05) is 38.1 Å². The van der Waals surface area contributed by atoms with Crippen LogP contribution in [0.15, 0.2) is 24.3 Å². The van der Waals surface area contributed by atoms with Crippen molar-refractivity contribution in [1.82, 2.24) is 10.6 Å². The Bertz CT molecular complexity index is 564. The molecule has 2 unspecified atom stereocenters. The number of carbonyl (C=O) groups is 2. The number of nitrogens with two attached hydrogens (primary N) is 1. The van der Waals surface area contributed by atoms with Crippen LogP contribution in [0.3, 0.4) is 0 Å². The van der Waals surface area contributed by atoms with Gasteiger partial charge in [-0.05, 0) is 29.0 Å². The first-order valence-electron chi connectivity index (χ1n) is 8.72. The van der Waals surface area contributed by atoms with Gasteiger partial charge < -0.3 is 21.1 Å². The summed E-state index contributed by atoms with van der Waals surface area (Å²) in [5.74, 6) is 0.508. The van der Waals surface area contributed by atoms with E-state index in [9.17, 15) is 9.59 Å². The highest BCUT2D eigenvalue weighted by atomic mass is 16.5. The second-order valence-electron chi connectivity index (χ2n) is 7.29. The molecule has 1 rings (SSSR count). The van der Waals surface area contributed by atoms with Gasteiger partial charge >= 0.3 is 6.03 Å². The van der Waals surface area contributed by atoms with Gasteiger partial charge in [0.05, 0.1) is 6.54 Å². The monoisotopic (exact) mass is 349 g/mol. The molecular formula is C19H31N3O3. The molecule has 0 aliphatic rings. The number of amides is 3. The van der Waals surface area contributed by atoms with Crippen molar-refractivity contribution in [3.05, 3.63) is 29.8 Å². The second-order valence-corrected chi connectivity index (χ2v) is 7.29. The first-order valence-corrected chi connectivity index (χ1v) is 8.72. The van der Waals surface area contributed by atoms with E-state index in [0.717, 1.165) is 12.2 Å². The lowest BCUT2D eigenvalue weighted by Crippen LogP contribution is -2.52. The maximum Gasteiger partial charge on any atom is 0.312 e. The smallest absolute Gasteiger partial charge is 0.312 e. The molecule has 140 valence electrons. The molecule has 0 radical (unpaired) electrons. The van der Waals surface area contributed by atoms with Crippen LogP contribution in [0.1, 0.15) is 46.6 Å². The quantitative estimate of drug-likeness (QED) is 0.630. The van der Waals surface area contributed by atoms with Gasteiger partial charge in [-0.1, -0.05) is 53.2 Å². The molecule has 6 nitrogen and oxygen atoms in total. The summed E-state index contributed by atoms with van der Waals surface area (Å²) in [6.45, 7) is 11.0. The van der Waals surface area contributed by atoms with Gasteiger partial charge in [0.25, 0.3) is 0 Å². The van der Waals surface area contributed by atoms with Crippen LogP contribution in [0.25, 0.3) is 0 Å². The minimum absolute atomic E-state index is 0.00152. The summed E-state index contributed by atoms with van der Waals surface area (Å²) in [6, 6.07) is 6.62. The molecule has 1 aromatic rings. The fourth-order valence-corrected chi connectivity index (χ4v) is 2.36. The zero-order valence-electron chi connectivity index (χ0n) is 15.9. The van der Waals surface area contributed by atoms with Crippen molar-refractivity contribution in [3.63, 3.8) is 0 Å². The fourth-order valence-electron chi connectivity index (χ4n) is 2.36. The van der Waals surface area contributed by atoms with Gasteiger partial charge in [-0.25, -0.2) is 4.79 Å². The molecule has 0 fully saturated rings. The van der Waals surface area contributed by atoms with Crippen molar-refractivity contribution in [2.45, 2.75) is 52.5 Å². The first kappa shape index (κ1) is 20.8. The third-order valence-electron chi connectivity index (χ3n) is 4.18. The number of urea groups is 1. The van der Waals surface area contributed by atoms with Gasteiger partial charge in [0, 0.05) is 0 Å². The van der Waals surface area contributed by atoms with E-state index in [2.05, 4.69) is 31.4 Å². The van der Waals surface area contributed by atoms with E-state index >= 15 is 0 Å². The molecule has 0 bridgehead atoms. The summed E-state index contributed by atoms with van der Waals surface area (Å²) in [5.41, 5.74) is 6.48. The normalized spacial score (nSPS) is 13.6. The molecule has 1 aromatic carbocycles. The number of primary amides is 1. The van der Waals surface area contributed by atoms with Crippen LogP contribution in [-0.4, -0.2) is 31.1 Å². The Kier molecular flexibility index (Phi) is 7.74. The van der Waals surface area contributed by atoms with Gasteiger partial charge in [-0.15, -0.1) is 0 Å². The number of benzene rings is 1. The molecule has 3 amide bonds. The number of hydrogen-bond acceptors (Lipinski definition) is 3. The zero-order valence-corrected chi connectivity index (χ0v) is 15.9. The number of nitrogens with one attached hydrogen (secondary N) is 2. The van der Waals surface area contributed by atoms with Crippen molar-refractivity contribution in [3.8, 4) is 5.75 Å². The van der Waals surface area contributed by atoms with Gasteiger partial charge in [0.2, 0.25) is 5.91 Å². The Morgan fingerprint density at radius 1 is 1.20 bits per heavy atom. The summed E-state index contributed by atoms with van der Waals surface area (Å²) < 4.78 is 5.64. The largest absolute Gasteiger partial charge is 0.492 e. The van der Waals surface area contributed by atoms with E-state index in [-0.39, 0.29) is 17.2 Å². The Morgan fingerprint density at radius 3 is 2.28 bits per heavy atom. The third-order valence-corrected chi connectivity index (χ3v) is 4.18. The van der Waals surface area contributed by atoms with Crippen LogP contribution in [0.5, 0.6) is 5.75 Å². The molecule has 0 saturated carbocycles. The Morgan fingerprint density at radius 2 is 1.80 bits per heavy atom. The average molecular weight is 349 g/mol. The molecule has 0 spiro atoms. The molecule has 0 aliphatic heterocycles. The van der Waals surface area contributed by atoms with Gasteiger partial charge in [0.1, 0.15) is 18.4 Å². The third kappa shape index (κ3) is 7.03. The summed E-state index contributed by atoms with van der Waals surface area (Å²) in [6.07, 6.45) is 0.759. The van der Waals surface area contributed by atoms with E-state index in [1.54, 1.807) is 0 Å². The SMILES string of the molecule is CCC(C)C(NC(N)=O)C(=O)NCCOc1ccc(C(C)(C)C)cc1. The van der Waals surface area contributed by atoms with Crippen LogP contribution in [0.2, 0.25) is 0 Å². The molecule has 0 aliphatic carbocycles. The zero-order chi connectivity index (χ0) is 19.0. The Balaban J connectivity index is 2.45. The molecule has 0 aromatic heterocycles. The Labute approximate surface area is 150 Å². The summed E-state index contributed by atoms with van der Waals surface area (Å²) in [7, 11) is 0. The van der Waals surface area contributed by atoms with Crippen LogP contribution < -0.4 is 21.1 Å². The van der Waals surface area contributed by atoms with Gasteiger partial charge in [-0.2, -0.15) is 0 Å². The maximum atomic E-state index is 12.2. The number of rotatable bonds is 8. The fraction of sp³-hybridized carbons (Fsp3) is 0.579. The standard InChI is InChI=1S/C19H31N3O3/c1-6-13(2)16(22-18(20)24)17(23)21-11-12-25-15-9-7-14(8-10-15)19(3,4)5/h7-10,13,16H,6,11-12H2,1-5H3,(H,21,23)(H3,20,22,24). The molecular weight excluding hydrogens is 318 g/mol. The second kappa shape index (κ2) is 9.30. The highest BCUT2D eigenvalue weighted by Crippen LogP contribution is 2.24. The summed E-state index contributed by atoms with van der Waals surface area (Å²) in [4.78, 5) is 23.3. The van der Waals surface area contributed by atoms with Crippen molar-refractivity contribution in [2.75, 3.05) is 13.2 Å². The highest BCUT2D eigenvalue weighted by molar-refractivity contribution is 5.86. The van der Waals surface area contributed by atoms with E-state index in [1.165, 1.54) is 5.56 Å². The topological polar surface area (TPSA) is 93.5 Å². The van der Waals surface area contributed by atoms with Crippen molar-refractivity contribution >= 4 is 11.9 Å². The number of ether oxygens (including phenoxy) is 1. The molecule has 4 N–H and O–H groups in total. The predicted octanol–water partition coefficient (Wildman–Crippen LogP) is 2.56. The van der Waals surface area contributed by atoms with Crippen molar-refractivity contribution in [1.29, 1.82) is 0 Å². The molecule has 25 heavy (non-hydrogen) atoms. The Hall–Kier alpha value is -2.24.